The van der Waals surface area contributed by atoms with E-state index >= 15 is 0 Å². The number of thiazole rings is 1. The Morgan fingerprint density at radius 3 is 2.90 bits per heavy atom. The largest absolute Gasteiger partial charge is 0.497 e. The maximum atomic E-state index is 12.7. The molecule has 0 unspecified atom stereocenters. The molecule has 4 aromatic rings. The van der Waals surface area contributed by atoms with Crippen LogP contribution in [0.3, 0.4) is 0 Å². The molecule has 8 heteroatoms. The van der Waals surface area contributed by atoms with Crippen LogP contribution in [-0.2, 0) is 13.5 Å². The predicted octanol–water partition coefficient (Wildman–Crippen LogP) is 2.93. The van der Waals surface area contributed by atoms with Gasteiger partial charge in [-0.25, -0.2) is 4.98 Å². The zero-order valence-electron chi connectivity index (χ0n) is 16.7. The van der Waals surface area contributed by atoms with E-state index in [9.17, 15) is 9.59 Å². The second kappa shape index (κ2) is 7.36. The second-order valence-electron chi connectivity index (χ2n) is 7.20. The summed E-state index contributed by atoms with van der Waals surface area (Å²) in [7, 11) is 3.64. The first-order valence-electron chi connectivity index (χ1n) is 9.28. The summed E-state index contributed by atoms with van der Waals surface area (Å²) in [6, 6.07) is 5.79. The van der Waals surface area contributed by atoms with E-state index < -0.39 is 5.91 Å². The molecule has 150 valence electrons. The molecule has 7 nitrogen and oxygen atoms in total. The van der Waals surface area contributed by atoms with E-state index in [1.54, 1.807) is 13.3 Å². The molecule has 0 fully saturated rings. The number of amides is 1. The van der Waals surface area contributed by atoms with E-state index in [-0.39, 0.29) is 17.2 Å². The Kier molecular flexibility index (Phi) is 4.87. The van der Waals surface area contributed by atoms with Gasteiger partial charge in [0.1, 0.15) is 11.3 Å². The van der Waals surface area contributed by atoms with Gasteiger partial charge in [0.25, 0.3) is 11.5 Å². The topological polar surface area (TPSA) is 77.6 Å². The highest BCUT2D eigenvalue weighted by molar-refractivity contribution is 7.16. The van der Waals surface area contributed by atoms with Gasteiger partial charge in [0, 0.05) is 47.5 Å². The second-order valence-corrected chi connectivity index (χ2v) is 8.41. The number of rotatable bonds is 5. The lowest BCUT2D eigenvalue weighted by Gasteiger charge is -2.13. The van der Waals surface area contributed by atoms with Gasteiger partial charge in [-0.05, 0) is 44.0 Å². The molecule has 1 N–H and O–H groups in total. The van der Waals surface area contributed by atoms with Crippen molar-refractivity contribution in [3.63, 3.8) is 0 Å². The molecular weight excluding hydrogens is 388 g/mol. The van der Waals surface area contributed by atoms with Gasteiger partial charge in [-0.2, -0.15) is 0 Å². The van der Waals surface area contributed by atoms with Gasteiger partial charge in [0.15, 0.2) is 4.96 Å². The molecule has 0 saturated heterocycles. The monoisotopic (exact) mass is 410 g/mol. The van der Waals surface area contributed by atoms with Gasteiger partial charge in [-0.3, -0.25) is 14.0 Å². The van der Waals surface area contributed by atoms with Gasteiger partial charge >= 0.3 is 0 Å². The molecule has 4 rings (SSSR count). The number of aromatic nitrogens is 3. The summed E-state index contributed by atoms with van der Waals surface area (Å²) in [5.74, 6) is 0.381. The SMILES string of the molecule is COc1ccc2c(c1)c(C[C@H](C)NC(=O)c1cnc3sc(C)cn3c1=O)cn2C. The van der Waals surface area contributed by atoms with Crippen LogP contribution in [0.25, 0.3) is 15.9 Å². The molecule has 0 radical (unpaired) electrons. The number of ether oxygens (including phenoxy) is 1. The number of fused-ring (bicyclic) bond motifs is 2. The average Bonchev–Trinajstić information content (AvgIpc) is 3.21. The van der Waals surface area contributed by atoms with Crippen LogP contribution in [0.2, 0.25) is 0 Å². The van der Waals surface area contributed by atoms with E-state index in [2.05, 4.69) is 21.1 Å². The van der Waals surface area contributed by atoms with Gasteiger partial charge in [-0.15, -0.1) is 11.3 Å². The summed E-state index contributed by atoms with van der Waals surface area (Å²) < 4.78 is 8.83. The summed E-state index contributed by atoms with van der Waals surface area (Å²) >= 11 is 1.42. The third kappa shape index (κ3) is 3.51. The van der Waals surface area contributed by atoms with E-state index in [4.69, 9.17) is 4.74 Å². The van der Waals surface area contributed by atoms with Crippen LogP contribution in [0.5, 0.6) is 5.75 Å². The lowest BCUT2D eigenvalue weighted by atomic mass is 10.1. The minimum atomic E-state index is -0.411. The number of benzene rings is 1. The van der Waals surface area contributed by atoms with Gasteiger partial charge in [0.05, 0.1) is 7.11 Å². The number of hydrogen-bond donors (Lipinski definition) is 1. The van der Waals surface area contributed by atoms with Crippen molar-refractivity contribution >= 4 is 33.1 Å². The molecular formula is C21H22N4O3S. The number of carbonyl (C=O) groups is 1. The fraction of sp³-hybridized carbons (Fsp3) is 0.286. The summed E-state index contributed by atoms with van der Waals surface area (Å²) in [4.78, 5) is 31.1. The third-order valence-corrected chi connectivity index (χ3v) is 5.86. The number of methoxy groups -OCH3 is 1. The van der Waals surface area contributed by atoms with Crippen molar-refractivity contribution in [1.29, 1.82) is 0 Å². The number of carbonyl (C=O) groups excluding carboxylic acids is 1. The van der Waals surface area contributed by atoms with Gasteiger partial charge in [0.2, 0.25) is 0 Å². The molecule has 0 saturated carbocycles. The lowest BCUT2D eigenvalue weighted by Crippen LogP contribution is -2.37. The van der Waals surface area contributed by atoms with Crippen molar-refractivity contribution in [2.75, 3.05) is 7.11 Å². The van der Waals surface area contributed by atoms with Crippen molar-refractivity contribution in [2.45, 2.75) is 26.3 Å². The molecule has 29 heavy (non-hydrogen) atoms. The van der Waals surface area contributed by atoms with Crippen LogP contribution in [0.4, 0.5) is 0 Å². The van der Waals surface area contributed by atoms with Crippen LogP contribution >= 0.6 is 11.3 Å². The van der Waals surface area contributed by atoms with Crippen molar-refractivity contribution in [2.24, 2.45) is 7.05 Å². The first-order chi connectivity index (χ1) is 13.9. The van der Waals surface area contributed by atoms with Crippen LogP contribution < -0.4 is 15.6 Å². The van der Waals surface area contributed by atoms with E-state index in [0.29, 0.717) is 11.4 Å². The molecule has 1 amide bonds. The van der Waals surface area contributed by atoms with Crippen LogP contribution in [0.15, 0.2) is 41.6 Å². The minimum Gasteiger partial charge on any atom is -0.497 e. The Morgan fingerprint density at radius 1 is 1.34 bits per heavy atom. The Morgan fingerprint density at radius 2 is 2.14 bits per heavy atom. The first kappa shape index (κ1) is 19.2. The smallest absolute Gasteiger partial charge is 0.271 e. The quantitative estimate of drug-likeness (QED) is 0.549. The van der Waals surface area contributed by atoms with Crippen molar-refractivity contribution in [1.82, 2.24) is 19.3 Å². The molecule has 0 aliphatic carbocycles. The molecule has 1 atom stereocenters. The van der Waals surface area contributed by atoms with E-state index in [0.717, 1.165) is 27.1 Å². The molecule has 0 aliphatic rings. The standard InChI is InChI=1S/C21H22N4O3S/c1-12(7-14-11-24(3)18-6-5-15(28-4)8-16(14)18)23-19(26)17-9-22-21-25(20(17)27)10-13(2)29-21/h5-6,8-12H,7H2,1-4H3,(H,23,26)/t12-/m0/s1. The Bertz CT molecular complexity index is 1280. The molecule has 0 aliphatic heterocycles. The highest BCUT2D eigenvalue weighted by Gasteiger charge is 2.18. The lowest BCUT2D eigenvalue weighted by molar-refractivity contribution is 0.0938. The summed E-state index contributed by atoms with van der Waals surface area (Å²) in [5, 5.41) is 4.02. The zero-order chi connectivity index (χ0) is 20.7. The maximum absolute atomic E-state index is 12.7. The normalized spacial score (nSPS) is 12.4. The molecule has 1 aromatic carbocycles. The highest BCUT2D eigenvalue weighted by Crippen LogP contribution is 2.26. The van der Waals surface area contributed by atoms with Crippen LogP contribution in [0, 0.1) is 6.92 Å². The third-order valence-electron chi connectivity index (χ3n) is 4.95. The summed E-state index contributed by atoms with van der Waals surface area (Å²) in [6.45, 7) is 3.83. The van der Waals surface area contributed by atoms with Crippen LogP contribution in [-0.4, -0.2) is 33.0 Å². The van der Waals surface area contributed by atoms with Gasteiger partial charge < -0.3 is 14.6 Å². The number of hydrogen-bond acceptors (Lipinski definition) is 5. The fourth-order valence-electron chi connectivity index (χ4n) is 3.58. The summed E-state index contributed by atoms with van der Waals surface area (Å²) in [6.07, 6.45) is 5.76. The Balaban J connectivity index is 1.56. The summed E-state index contributed by atoms with van der Waals surface area (Å²) in [5.41, 5.74) is 1.90. The molecule has 3 aromatic heterocycles. The minimum absolute atomic E-state index is 0.0479. The Labute approximate surface area is 171 Å². The highest BCUT2D eigenvalue weighted by atomic mass is 32.1. The van der Waals surface area contributed by atoms with Gasteiger partial charge in [-0.1, -0.05) is 0 Å². The number of nitrogens with zero attached hydrogens (tertiary/aromatic N) is 3. The van der Waals surface area contributed by atoms with E-state index in [1.165, 1.54) is 21.9 Å². The number of nitrogens with one attached hydrogen (secondary N) is 1. The molecule has 3 heterocycles. The zero-order valence-corrected chi connectivity index (χ0v) is 17.5. The van der Waals surface area contributed by atoms with Crippen LogP contribution in [0.1, 0.15) is 27.7 Å². The number of aryl methyl sites for hydroxylation is 2. The first-order valence-corrected chi connectivity index (χ1v) is 10.1. The molecule has 0 bridgehead atoms. The average molecular weight is 410 g/mol. The fourth-order valence-corrected chi connectivity index (χ4v) is 4.36. The maximum Gasteiger partial charge on any atom is 0.271 e. The van der Waals surface area contributed by atoms with E-state index in [1.807, 2.05) is 39.1 Å². The van der Waals surface area contributed by atoms with Crippen molar-refractivity contribution in [3.05, 3.63) is 63.1 Å². The predicted molar refractivity (Wildman–Crippen MR) is 114 cm³/mol. The Hall–Kier alpha value is -3.13. The van der Waals surface area contributed by atoms with Crippen molar-refractivity contribution in [3.8, 4) is 5.75 Å². The van der Waals surface area contributed by atoms with Crippen molar-refractivity contribution < 1.29 is 9.53 Å². The molecule has 0 spiro atoms.